The molecule has 3 atom stereocenters. The summed E-state index contributed by atoms with van der Waals surface area (Å²) < 4.78 is 22.8. The van der Waals surface area contributed by atoms with Gasteiger partial charge < -0.3 is 26.0 Å². The molecule has 5 N–H and O–H groups in total. The van der Waals surface area contributed by atoms with Crippen LogP contribution >= 0.6 is 22.7 Å². The number of hydrogen-bond acceptors (Lipinski definition) is 7. The van der Waals surface area contributed by atoms with Gasteiger partial charge in [0, 0.05) is 55.1 Å². The Morgan fingerprint density at radius 1 is 1.17 bits per heavy atom. The molecule has 5 rings (SSSR count). The lowest BCUT2D eigenvalue weighted by Gasteiger charge is -2.25. The molecule has 0 spiro atoms. The molecule has 2 aromatic carbocycles. The van der Waals surface area contributed by atoms with E-state index >= 15 is 4.39 Å². The van der Waals surface area contributed by atoms with Gasteiger partial charge in [0.25, 0.3) is 5.91 Å². The Bertz CT molecular complexity index is 1650. The summed E-state index contributed by atoms with van der Waals surface area (Å²) in [5.41, 5.74) is 4.59. The molecular weight excluding hydrogens is 565 g/mol. The first-order valence-corrected chi connectivity index (χ1v) is 14.7. The molecule has 0 aliphatic carbocycles. The van der Waals surface area contributed by atoms with E-state index in [1.54, 1.807) is 41.8 Å². The van der Waals surface area contributed by atoms with Crippen LogP contribution in [0, 0.1) is 5.41 Å². The molecule has 1 unspecified atom stereocenters. The minimum absolute atomic E-state index is 0.0778. The topological polar surface area (TPSA) is 138 Å². The molecule has 0 radical (unpaired) electrons. The number of halogens is 1. The Balaban J connectivity index is 1.28. The average molecular weight is 596 g/mol. The van der Waals surface area contributed by atoms with Crippen molar-refractivity contribution in [3.8, 4) is 0 Å². The molecular formula is C29H30FN5O4S2. The number of amides is 3. The van der Waals surface area contributed by atoms with Gasteiger partial charge in [-0.3, -0.25) is 19.8 Å². The minimum Gasteiger partial charge on any atom is -0.384 e. The van der Waals surface area contributed by atoms with Crippen molar-refractivity contribution in [2.75, 3.05) is 26.8 Å². The predicted octanol–water partition coefficient (Wildman–Crippen LogP) is 3.96. The number of ether oxygens (including phenoxy) is 1. The fourth-order valence-corrected chi connectivity index (χ4v) is 7.13. The van der Waals surface area contributed by atoms with Crippen LogP contribution in [0.2, 0.25) is 0 Å². The number of thiophene rings is 2. The third kappa shape index (κ3) is 5.95. The van der Waals surface area contributed by atoms with Gasteiger partial charge in [-0.1, -0.05) is 18.2 Å². The van der Waals surface area contributed by atoms with E-state index in [0.29, 0.717) is 11.1 Å². The average Bonchev–Trinajstić information content (AvgIpc) is 3.67. The lowest BCUT2D eigenvalue weighted by atomic mass is 10.0. The largest absolute Gasteiger partial charge is 0.384 e. The maximum absolute atomic E-state index is 15.6. The second-order valence-electron chi connectivity index (χ2n) is 10.2. The highest BCUT2D eigenvalue weighted by Crippen LogP contribution is 2.34. The zero-order valence-corrected chi connectivity index (χ0v) is 24.2. The zero-order chi connectivity index (χ0) is 29.3. The molecule has 9 nitrogen and oxygen atoms in total. The van der Waals surface area contributed by atoms with E-state index in [1.807, 2.05) is 30.3 Å². The molecule has 3 amide bonds. The summed E-state index contributed by atoms with van der Waals surface area (Å²) in [5, 5.41) is 16.8. The first-order chi connectivity index (χ1) is 19.6. The highest BCUT2D eigenvalue weighted by Gasteiger charge is 2.49. The van der Waals surface area contributed by atoms with Crippen LogP contribution in [0.4, 0.5) is 4.39 Å². The molecule has 1 aliphatic rings. The van der Waals surface area contributed by atoms with Crippen molar-refractivity contribution < 1.29 is 23.5 Å². The number of fused-ring (bicyclic) bond motifs is 3. The van der Waals surface area contributed by atoms with Crippen LogP contribution < -0.4 is 16.4 Å². The number of carbonyl (C=O) groups excluding carboxylic acids is 3. The molecule has 214 valence electrons. The molecule has 4 aromatic rings. The van der Waals surface area contributed by atoms with Crippen molar-refractivity contribution in [3.05, 3.63) is 69.9 Å². The van der Waals surface area contributed by atoms with Crippen LogP contribution in [0.3, 0.4) is 0 Å². The van der Waals surface area contributed by atoms with Gasteiger partial charge in [-0.2, -0.15) is 0 Å². The molecule has 3 heterocycles. The van der Waals surface area contributed by atoms with Gasteiger partial charge in [0.05, 0.1) is 25.7 Å². The van der Waals surface area contributed by atoms with E-state index in [0.717, 1.165) is 25.0 Å². The van der Waals surface area contributed by atoms with E-state index in [2.05, 4.69) is 10.6 Å². The number of methoxy groups -OCH3 is 1. The zero-order valence-electron chi connectivity index (χ0n) is 22.5. The molecule has 1 fully saturated rings. The number of rotatable bonds is 9. The van der Waals surface area contributed by atoms with Gasteiger partial charge in [-0.05, 0) is 37.3 Å². The number of amidine groups is 1. The summed E-state index contributed by atoms with van der Waals surface area (Å²) in [6.07, 6.45) is -0.232. The molecule has 1 aliphatic heterocycles. The summed E-state index contributed by atoms with van der Waals surface area (Å²) in [6.45, 7) is 0.767. The molecule has 1 saturated heterocycles. The first kappa shape index (κ1) is 28.7. The van der Waals surface area contributed by atoms with Gasteiger partial charge in [-0.15, -0.1) is 22.7 Å². The Hall–Kier alpha value is -3.87. The second-order valence-corrected chi connectivity index (χ2v) is 12.2. The van der Waals surface area contributed by atoms with Gasteiger partial charge in [0.15, 0.2) is 5.67 Å². The predicted molar refractivity (Wildman–Crippen MR) is 159 cm³/mol. The van der Waals surface area contributed by atoms with Crippen molar-refractivity contribution in [1.29, 1.82) is 5.41 Å². The molecule has 12 heteroatoms. The van der Waals surface area contributed by atoms with E-state index in [1.165, 1.54) is 23.3 Å². The Labute approximate surface area is 244 Å². The van der Waals surface area contributed by atoms with Gasteiger partial charge >= 0.3 is 0 Å². The van der Waals surface area contributed by atoms with Crippen LogP contribution in [-0.2, 0) is 14.3 Å². The minimum atomic E-state index is -1.91. The number of benzene rings is 2. The Morgan fingerprint density at radius 3 is 2.66 bits per heavy atom. The highest BCUT2D eigenvalue weighted by molar-refractivity contribution is 7.25. The summed E-state index contributed by atoms with van der Waals surface area (Å²) in [7, 11) is 1.36. The highest BCUT2D eigenvalue weighted by atomic mass is 32.1. The number of carbonyl (C=O) groups is 3. The van der Waals surface area contributed by atoms with Crippen LogP contribution in [0.5, 0.6) is 0 Å². The first-order valence-electron chi connectivity index (χ1n) is 13.0. The van der Waals surface area contributed by atoms with E-state index in [4.69, 9.17) is 15.9 Å². The fourth-order valence-electron chi connectivity index (χ4n) is 5.12. The van der Waals surface area contributed by atoms with Crippen molar-refractivity contribution in [2.24, 2.45) is 5.73 Å². The lowest BCUT2D eigenvalue weighted by molar-refractivity contribution is -0.138. The van der Waals surface area contributed by atoms with Crippen LogP contribution in [-0.4, -0.2) is 67.0 Å². The summed E-state index contributed by atoms with van der Waals surface area (Å²) in [6, 6.07) is 13.5. The smallest absolute Gasteiger partial charge is 0.251 e. The third-order valence-corrected chi connectivity index (χ3v) is 9.44. The lowest BCUT2D eigenvalue weighted by Crippen LogP contribution is -2.49. The Morgan fingerprint density at radius 2 is 1.93 bits per heavy atom. The van der Waals surface area contributed by atoms with Crippen LogP contribution in [0.25, 0.3) is 20.2 Å². The number of nitrogen functional groups attached to an aromatic ring is 1. The molecule has 2 aromatic heterocycles. The van der Waals surface area contributed by atoms with Gasteiger partial charge in [0.1, 0.15) is 11.9 Å². The second kappa shape index (κ2) is 11.6. The van der Waals surface area contributed by atoms with Crippen molar-refractivity contribution in [1.82, 2.24) is 15.5 Å². The van der Waals surface area contributed by atoms with Gasteiger partial charge in [-0.25, -0.2) is 4.39 Å². The number of nitrogens with two attached hydrogens (primary N) is 1. The van der Waals surface area contributed by atoms with Crippen LogP contribution in [0.15, 0.2) is 53.9 Å². The summed E-state index contributed by atoms with van der Waals surface area (Å²) in [5.74, 6) is -1.60. The van der Waals surface area contributed by atoms with Crippen molar-refractivity contribution in [2.45, 2.75) is 31.1 Å². The number of alkyl halides is 1. The van der Waals surface area contributed by atoms with Crippen molar-refractivity contribution in [3.63, 3.8) is 0 Å². The molecule has 0 bridgehead atoms. The number of likely N-dealkylation sites (tertiary alicyclic amines) is 1. The fraction of sp³-hybridized carbons (Fsp3) is 0.310. The van der Waals surface area contributed by atoms with Gasteiger partial charge in [0.2, 0.25) is 11.8 Å². The van der Waals surface area contributed by atoms with E-state index in [-0.39, 0.29) is 25.4 Å². The van der Waals surface area contributed by atoms with E-state index < -0.39 is 42.0 Å². The van der Waals surface area contributed by atoms with Crippen molar-refractivity contribution >= 4 is 66.4 Å². The summed E-state index contributed by atoms with van der Waals surface area (Å²) >= 11 is 2.98. The molecule has 0 saturated carbocycles. The van der Waals surface area contributed by atoms with E-state index in [9.17, 15) is 14.4 Å². The SMILES string of the molecule is COC[C@@]1(F)C[C@@H](C(=O)NC(C)c2cc(C(=N)N)cs2)N(C(=O)CNC(=O)c2ccc3sc4ccccc4c3c2)C1. The monoisotopic (exact) mass is 595 g/mol. The number of hydrogen-bond donors (Lipinski definition) is 4. The third-order valence-electron chi connectivity index (χ3n) is 7.17. The summed E-state index contributed by atoms with van der Waals surface area (Å²) in [4.78, 5) is 41.5. The number of nitrogens with one attached hydrogen (secondary N) is 3. The molecule has 41 heavy (non-hydrogen) atoms. The Kier molecular flexibility index (Phi) is 8.07. The normalized spacial score (nSPS) is 19.4. The van der Waals surface area contributed by atoms with Crippen LogP contribution in [0.1, 0.15) is 40.2 Å². The maximum atomic E-state index is 15.6. The maximum Gasteiger partial charge on any atom is 0.251 e. The quantitative estimate of drug-likeness (QED) is 0.171. The number of nitrogens with zero attached hydrogens (tertiary/aromatic N) is 1. The standard InChI is InChI=1S/C29H30FN5O4S2/c1-16(24-10-18(13-40-24)26(31)32)34-28(38)21-11-29(30,15-39-2)14-35(21)25(36)12-33-27(37)17-7-8-23-20(9-17)19-5-3-4-6-22(19)41-23/h3-10,13,16,21H,11-12,14-15H2,1-2H3,(H3,31,32)(H,33,37)(H,34,38)/t16?,21-,29+/m0/s1.